The van der Waals surface area contributed by atoms with Crippen molar-refractivity contribution in [3.05, 3.63) is 125 Å². The Labute approximate surface area is 603 Å². The van der Waals surface area contributed by atoms with Crippen LogP contribution in [0.2, 0.25) is 0 Å². The number of unbranched alkanes of at least 4 members (excludes halogenated alkanes) is 2. The minimum atomic E-state index is -4.51. The highest BCUT2D eigenvalue weighted by molar-refractivity contribution is 7.51. The Balaban J connectivity index is 0.702. The van der Waals surface area contributed by atoms with Crippen molar-refractivity contribution in [2.75, 3.05) is 55.7 Å². The highest BCUT2D eigenvalue weighted by Crippen LogP contribution is 2.72. The molecule has 103 heavy (non-hydrogen) atoms. The van der Waals surface area contributed by atoms with Crippen molar-refractivity contribution < 1.29 is 67.3 Å². The summed E-state index contributed by atoms with van der Waals surface area (Å²) in [5, 5.41) is 24.6. The van der Waals surface area contributed by atoms with Gasteiger partial charge < -0.3 is 40.9 Å². The van der Waals surface area contributed by atoms with E-state index in [4.69, 9.17) is 20.6 Å². The van der Waals surface area contributed by atoms with Crippen molar-refractivity contribution in [2.24, 2.45) is 33.8 Å². The number of thiazole rings is 1. The van der Waals surface area contributed by atoms with E-state index >= 15 is 0 Å². The zero-order valence-corrected chi connectivity index (χ0v) is 61.0. The van der Waals surface area contributed by atoms with Crippen LogP contribution in [0, 0.1) is 35.0 Å². The molecule has 4 bridgehead atoms. The lowest BCUT2D eigenvalue weighted by Crippen LogP contribution is -2.64. The first-order chi connectivity index (χ1) is 49.0. The number of nitrogens with zero attached hydrogens (tertiary/aromatic N) is 7. The number of carboxylic acids is 1. The number of nitrogens with one attached hydrogen (secondary N) is 3. The number of rotatable bonds is 34. The summed E-state index contributed by atoms with van der Waals surface area (Å²) in [5.74, 6) is -4.01. The molecule has 2 aliphatic heterocycles. The molecule has 25 nitrogen and oxygen atoms in total. The van der Waals surface area contributed by atoms with Gasteiger partial charge in [0.05, 0.1) is 46.5 Å². The van der Waals surface area contributed by atoms with Crippen molar-refractivity contribution in [2.45, 2.75) is 168 Å². The smallest absolute Gasteiger partial charge is 0.355 e. The van der Waals surface area contributed by atoms with E-state index in [0.717, 1.165) is 89.0 Å². The van der Waals surface area contributed by atoms with Crippen molar-refractivity contribution in [3.8, 4) is 22.4 Å². The number of primary amides is 1. The lowest BCUT2D eigenvalue weighted by molar-refractivity contribution is -0.248. The predicted octanol–water partition coefficient (Wildman–Crippen LogP) is 10.7. The van der Waals surface area contributed by atoms with Crippen molar-refractivity contribution in [1.82, 2.24) is 40.2 Å². The summed E-state index contributed by atoms with van der Waals surface area (Å²) in [6, 6.07) is 22.3. The highest BCUT2D eigenvalue weighted by Gasteiger charge is 2.66. The number of aryl methyl sites for hydroxylation is 2. The van der Waals surface area contributed by atoms with Crippen molar-refractivity contribution >= 4 is 93.2 Å². The number of amides is 8. The van der Waals surface area contributed by atoms with Gasteiger partial charge in [-0.15, -0.1) is 0 Å². The number of aromatic carboxylic acids is 1. The van der Waals surface area contributed by atoms with Gasteiger partial charge in [-0.2, -0.15) is 5.10 Å². The molecular weight excluding hydrogens is 1350 g/mol. The molecule has 27 heteroatoms. The number of ketones is 2. The van der Waals surface area contributed by atoms with E-state index in [1.165, 1.54) is 28.4 Å². The molecule has 5 heterocycles. The summed E-state index contributed by atoms with van der Waals surface area (Å²) in [4.78, 5) is 151. The molecule has 4 fully saturated rings. The first-order valence-corrected chi connectivity index (χ1v) is 38.4. The van der Waals surface area contributed by atoms with Crippen molar-refractivity contribution in [3.63, 3.8) is 0 Å². The Morgan fingerprint density at radius 3 is 2.25 bits per heavy atom. The molecule has 2 unspecified atom stereocenters. The molecule has 6 aliphatic rings. The van der Waals surface area contributed by atoms with E-state index in [1.54, 1.807) is 29.3 Å². The lowest BCUT2D eigenvalue weighted by atomic mass is 9.39. The Morgan fingerprint density at radius 2 is 1.55 bits per heavy atom. The Hall–Kier alpha value is -8.81. The van der Waals surface area contributed by atoms with Crippen LogP contribution >= 0.6 is 18.9 Å². The third kappa shape index (κ3) is 18.6. The highest BCUT2D eigenvalue weighted by atomic mass is 32.1. The molecule has 4 saturated carbocycles. The zero-order chi connectivity index (χ0) is 73.6. The van der Waals surface area contributed by atoms with Crippen LogP contribution in [0.15, 0.2) is 97.2 Å². The average Bonchev–Trinajstić information content (AvgIpc) is 0.978. The van der Waals surface area contributed by atoms with Gasteiger partial charge in [-0.25, -0.2) is 24.4 Å². The van der Waals surface area contributed by atoms with Crippen LogP contribution in [0.5, 0.6) is 0 Å². The number of imide groups is 1. The first-order valence-electron chi connectivity index (χ1n) is 35.8. The predicted molar refractivity (Wildman–Crippen MR) is 390 cm³/mol. The van der Waals surface area contributed by atoms with Crippen LogP contribution < -0.4 is 26.6 Å². The Morgan fingerprint density at radius 1 is 0.825 bits per heavy atom. The summed E-state index contributed by atoms with van der Waals surface area (Å²) in [6.07, 6.45) is 13.0. The van der Waals surface area contributed by atoms with Gasteiger partial charge in [-0.1, -0.05) is 94.0 Å². The topological polar surface area (TPSA) is 356 Å². The standard InChI is InChI=1S/C76H94N11O14PS/c1-48(2)56(39-54(88)14-7-6-10-31-86-65(91)28-29-66(86)92)68(93)81-59(16-11-30-78-70(77)96)62(89)37-51-20-18-50(19-21-51)22-27-64(90)84(34-36-102(98,99)100)33-35-101-76-44-73(4)41-74(5,45-76)43-75(42-73,46-76)47-87-49(3)57(40-79-87)55-25-26-58(80-67(55)69(94)95)53-24-23-52-13-12-32-85(61(52)38-53)72(97)83-71-82-60-15-8-9-17-63(60)103-71/h8-9,15,17-21,23-26,28-29,38,40,48,56,59H,6-7,10-14,16,22,27,30-37,39,41-47H2,1-5H3,(H,81,93)(H,94,95)(H3,77,78,96)(H,82,83,97)(H2,98,99,100)/t56-,59-,73?,74?,75?,76?/m0/s1. The van der Waals surface area contributed by atoms with Crippen molar-refractivity contribution in [1.29, 1.82) is 0 Å². The maximum absolute atomic E-state index is 14.2. The summed E-state index contributed by atoms with van der Waals surface area (Å²) < 4.78 is 22.3. The molecule has 3 aromatic carbocycles. The van der Waals surface area contributed by atoms with Gasteiger partial charge in [0.2, 0.25) is 11.8 Å². The number of urea groups is 2. The van der Waals surface area contributed by atoms with Gasteiger partial charge in [0.1, 0.15) is 5.78 Å². The number of pyridine rings is 1. The molecule has 548 valence electrons. The van der Waals surface area contributed by atoms with Crippen LogP contribution in [0.25, 0.3) is 32.6 Å². The van der Waals surface area contributed by atoms with Gasteiger partial charge >= 0.3 is 25.6 Å². The first kappa shape index (κ1) is 75.4. The normalized spacial score (nSPS) is 21.0. The summed E-state index contributed by atoms with van der Waals surface area (Å²) >= 11 is 1.40. The van der Waals surface area contributed by atoms with E-state index in [1.807, 2.05) is 86.1 Å². The molecule has 0 spiro atoms. The van der Waals surface area contributed by atoms with Gasteiger partial charge in [-0.05, 0) is 160 Å². The van der Waals surface area contributed by atoms with Crippen LogP contribution in [0.4, 0.5) is 20.4 Å². The molecule has 8 amide bonds. The van der Waals surface area contributed by atoms with Crippen LogP contribution in [-0.4, -0.2) is 155 Å². The molecule has 3 aromatic heterocycles. The van der Waals surface area contributed by atoms with Gasteiger partial charge in [-0.3, -0.25) is 53.1 Å². The molecule has 0 radical (unpaired) electrons. The van der Waals surface area contributed by atoms with E-state index in [9.17, 15) is 62.6 Å². The lowest BCUT2D eigenvalue weighted by Gasteiger charge is -2.69. The maximum Gasteiger partial charge on any atom is 0.355 e. The fraction of sp³-hybridized carbons (Fsp3) is 0.500. The number of benzene rings is 3. The van der Waals surface area contributed by atoms with Crippen LogP contribution in [0.3, 0.4) is 0 Å². The molecule has 6 aromatic rings. The number of fused-ring (bicyclic) bond motifs is 2. The number of para-hydroxylation sites is 1. The molecular formula is C76H94N11O14PS. The Kier molecular flexibility index (Phi) is 23.2. The number of hydrogen-bond donors (Lipinski definition) is 7. The number of carboxylic acid groups (broad SMARTS) is 1. The number of anilines is 2. The van der Waals surface area contributed by atoms with E-state index in [-0.39, 0.29) is 128 Å². The fourth-order valence-electron chi connectivity index (χ4n) is 17.4. The van der Waals surface area contributed by atoms with Gasteiger partial charge in [0, 0.05) is 111 Å². The monoisotopic (exact) mass is 1450 g/mol. The summed E-state index contributed by atoms with van der Waals surface area (Å²) in [7, 11) is -4.51. The van der Waals surface area contributed by atoms with E-state index < -0.39 is 49.2 Å². The number of ether oxygens (including phenoxy) is 1. The maximum atomic E-state index is 14.2. The number of carbonyl (C=O) groups excluding carboxylic acids is 8. The zero-order valence-electron chi connectivity index (χ0n) is 59.3. The van der Waals surface area contributed by atoms with E-state index in [2.05, 4.69) is 34.8 Å². The Bertz CT molecular complexity index is 4250. The van der Waals surface area contributed by atoms with Crippen LogP contribution in [0.1, 0.15) is 157 Å². The minimum Gasteiger partial charge on any atom is -0.476 e. The molecule has 8 N–H and O–H groups in total. The number of nitrogens with two attached hydrogens (primary N) is 1. The molecule has 12 rings (SSSR count). The fourth-order valence-corrected chi connectivity index (χ4v) is 18.8. The average molecular weight is 1450 g/mol. The second-order valence-corrected chi connectivity index (χ2v) is 33.0. The molecule has 0 saturated heterocycles. The van der Waals surface area contributed by atoms with E-state index in [0.29, 0.717) is 78.3 Å². The second kappa shape index (κ2) is 31.7. The summed E-state index contributed by atoms with van der Waals surface area (Å²) in [6.45, 7) is 11.8. The third-order valence-corrected chi connectivity index (χ3v) is 22.9. The number of carbonyl (C=O) groups is 9. The second-order valence-electron chi connectivity index (χ2n) is 30.2. The van der Waals surface area contributed by atoms with Crippen LogP contribution in [-0.2, 0) is 63.9 Å². The van der Waals surface area contributed by atoms with Gasteiger partial charge in [0.25, 0.3) is 11.8 Å². The summed E-state index contributed by atoms with van der Waals surface area (Å²) in [5.41, 5.74) is 11.1. The van der Waals surface area contributed by atoms with Gasteiger partial charge in [0.15, 0.2) is 16.6 Å². The number of Topliss-reactive ketones (excluding diaryl/α,β-unsaturated/α-hetero) is 2. The molecule has 4 atom stereocenters. The quantitative estimate of drug-likeness (QED) is 0.0112. The third-order valence-electron chi connectivity index (χ3n) is 21.2. The minimum absolute atomic E-state index is 0.0273. The SMILES string of the molecule is Cc1c(-c2ccc(-c3ccc4c(c3)N(C(=O)Nc3nc5ccccc5s3)CCC4)nc2C(=O)O)cnn1CC12CC3(C)CC(C)(C1)CC(OCCN(CCP(=O)(O)O)C(=O)CCc1ccc(CC(=O)[C@H](CCCNC(N)=O)NC(=O)[C@@H](CC(=O)CCCCCN4C(=O)C=CC4=O)C(C)C)cc1)(C3)C2. The number of hydrogen-bond acceptors (Lipinski definition) is 15. The molecule has 4 aliphatic carbocycles. The largest absolute Gasteiger partial charge is 0.476 e. The number of aromatic nitrogens is 4.